The molecule has 0 heterocycles. The summed E-state index contributed by atoms with van der Waals surface area (Å²) in [5.41, 5.74) is 2.22. The summed E-state index contributed by atoms with van der Waals surface area (Å²) >= 11 is 5.45. The van der Waals surface area contributed by atoms with Crippen LogP contribution in [0.3, 0.4) is 0 Å². The zero-order valence-electron chi connectivity index (χ0n) is 5.37. The van der Waals surface area contributed by atoms with Gasteiger partial charge in [-0.3, -0.25) is 0 Å². The average Bonchev–Trinajstić information content (AvgIpc) is 1.65. The van der Waals surface area contributed by atoms with Crippen LogP contribution in [0.25, 0.3) is 0 Å². The van der Waals surface area contributed by atoms with E-state index >= 15 is 0 Å². The second-order valence-electron chi connectivity index (χ2n) is 2.01. The number of alkyl halides is 1. The first-order valence-electron chi connectivity index (χ1n) is 2.55. The Hall–Kier alpha value is -0.230. The summed E-state index contributed by atoms with van der Waals surface area (Å²) in [5, 5.41) is 0. The van der Waals surface area contributed by atoms with Crippen LogP contribution in [0.4, 0.5) is 0 Å². The van der Waals surface area contributed by atoms with Crippen LogP contribution in [0.2, 0.25) is 0 Å². The summed E-state index contributed by atoms with van der Waals surface area (Å²) < 4.78 is 0. The Morgan fingerprint density at radius 2 is 2.12 bits per heavy atom. The monoisotopic (exact) mass is 130 g/mol. The molecule has 0 aliphatic heterocycles. The van der Waals surface area contributed by atoms with Crippen LogP contribution in [0.1, 0.15) is 13.8 Å². The maximum absolute atomic E-state index is 5.45. The van der Waals surface area contributed by atoms with Crippen LogP contribution in [0.5, 0.6) is 0 Å². The highest BCUT2D eigenvalue weighted by Gasteiger charge is 1.82. The van der Waals surface area contributed by atoms with Crippen LogP contribution in [0, 0.1) is 0 Å². The van der Waals surface area contributed by atoms with E-state index in [4.69, 9.17) is 11.6 Å². The van der Waals surface area contributed by atoms with Gasteiger partial charge in [-0.1, -0.05) is 18.2 Å². The highest BCUT2D eigenvalue weighted by Crippen LogP contribution is 1.99. The molecule has 0 aromatic rings. The summed E-state index contributed by atoms with van der Waals surface area (Å²) in [5.74, 6) is 0.533. The molecule has 0 radical (unpaired) electrons. The fourth-order valence-electron chi connectivity index (χ4n) is 0.447. The quantitative estimate of drug-likeness (QED) is 0.398. The molecule has 1 heteroatoms. The van der Waals surface area contributed by atoms with Crippen molar-refractivity contribution in [3.8, 4) is 0 Å². The standard InChI is InChI=1S/C7H11Cl/c1-6(2)4-7(3)5-8/h4H,3,5H2,1-2H3. The van der Waals surface area contributed by atoms with Crippen molar-refractivity contribution in [1.82, 2.24) is 0 Å². The number of hydrogen-bond donors (Lipinski definition) is 0. The Morgan fingerprint density at radius 3 is 2.25 bits per heavy atom. The molecule has 0 spiro atoms. The number of halogens is 1. The second-order valence-corrected chi connectivity index (χ2v) is 2.28. The van der Waals surface area contributed by atoms with E-state index in [1.54, 1.807) is 0 Å². The molecular formula is C7H11Cl. The lowest BCUT2D eigenvalue weighted by Gasteiger charge is -1.90. The average molecular weight is 131 g/mol. The molecule has 0 fully saturated rings. The maximum Gasteiger partial charge on any atom is 0.0468 e. The first-order valence-corrected chi connectivity index (χ1v) is 3.09. The molecule has 0 bridgehead atoms. The van der Waals surface area contributed by atoms with Crippen molar-refractivity contribution in [3.63, 3.8) is 0 Å². The Balaban J connectivity index is 3.70. The predicted octanol–water partition coefficient (Wildman–Crippen LogP) is 2.75. The highest BCUT2D eigenvalue weighted by atomic mass is 35.5. The fraction of sp³-hybridized carbons (Fsp3) is 0.429. The van der Waals surface area contributed by atoms with E-state index in [1.165, 1.54) is 5.57 Å². The lowest BCUT2D eigenvalue weighted by atomic mass is 10.2. The van der Waals surface area contributed by atoms with Gasteiger partial charge in [0.05, 0.1) is 0 Å². The molecule has 0 nitrogen and oxygen atoms in total. The van der Waals surface area contributed by atoms with E-state index in [2.05, 4.69) is 6.58 Å². The fourth-order valence-corrected chi connectivity index (χ4v) is 0.524. The number of allylic oxidation sites excluding steroid dienone is 3. The van der Waals surface area contributed by atoms with Crippen molar-refractivity contribution in [3.05, 3.63) is 23.8 Å². The third-order valence-electron chi connectivity index (χ3n) is 0.664. The topological polar surface area (TPSA) is 0 Å². The Kier molecular flexibility index (Phi) is 3.63. The van der Waals surface area contributed by atoms with Crippen LogP contribution >= 0.6 is 11.6 Å². The maximum atomic E-state index is 5.45. The van der Waals surface area contributed by atoms with Gasteiger partial charge in [0.2, 0.25) is 0 Å². The lowest BCUT2D eigenvalue weighted by molar-refractivity contribution is 1.36. The SMILES string of the molecule is C=C(C=C(C)C)CCl. The van der Waals surface area contributed by atoms with Gasteiger partial charge in [-0.15, -0.1) is 11.6 Å². The molecule has 0 unspecified atom stereocenters. The van der Waals surface area contributed by atoms with Crippen molar-refractivity contribution in [2.24, 2.45) is 0 Å². The van der Waals surface area contributed by atoms with Crippen molar-refractivity contribution in [2.45, 2.75) is 13.8 Å². The lowest BCUT2D eigenvalue weighted by Crippen LogP contribution is -1.75. The summed E-state index contributed by atoms with van der Waals surface area (Å²) in [6.07, 6.45) is 1.98. The zero-order chi connectivity index (χ0) is 6.57. The molecule has 0 amide bonds. The first-order chi connectivity index (χ1) is 3.66. The molecule has 8 heavy (non-hydrogen) atoms. The molecule has 46 valence electrons. The van der Waals surface area contributed by atoms with Gasteiger partial charge in [0, 0.05) is 5.88 Å². The van der Waals surface area contributed by atoms with Crippen molar-refractivity contribution in [2.75, 3.05) is 5.88 Å². The van der Waals surface area contributed by atoms with Crippen LogP contribution in [-0.4, -0.2) is 5.88 Å². The molecule has 0 aliphatic carbocycles. The third-order valence-corrected chi connectivity index (χ3v) is 1.01. The Bertz CT molecular complexity index is 108. The van der Waals surface area contributed by atoms with E-state index in [9.17, 15) is 0 Å². The molecule has 0 rings (SSSR count). The van der Waals surface area contributed by atoms with Gasteiger partial charge in [-0.25, -0.2) is 0 Å². The molecule has 0 saturated carbocycles. The summed E-state index contributed by atoms with van der Waals surface area (Å²) in [6, 6.07) is 0. The van der Waals surface area contributed by atoms with Gasteiger partial charge in [-0.2, -0.15) is 0 Å². The summed E-state index contributed by atoms with van der Waals surface area (Å²) in [6.45, 7) is 7.76. The summed E-state index contributed by atoms with van der Waals surface area (Å²) in [4.78, 5) is 0. The zero-order valence-corrected chi connectivity index (χ0v) is 6.13. The van der Waals surface area contributed by atoms with Crippen LogP contribution in [-0.2, 0) is 0 Å². The van der Waals surface area contributed by atoms with E-state index in [0.717, 1.165) is 5.57 Å². The van der Waals surface area contributed by atoms with E-state index in [0.29, 0.717) is 5.88 Å². The normalized spacial score (nSPS) is 8.38. The largest absolute Gasteiger partial charge is 0.122 e. The van der Waals surface area contributed by atoms with E-state index in [1.807, 2.05) is 19.9 Å². The molecule has 0 saturated heterocycles. The molecule has 0 atom stereocenters. The van der Waals surface area contributed by atoms with Crippen LogP contribution in [0.15, 0.2) is 23.8 Å². The number of hydrogen-bond acceptors (Lipinski definition) is 0. The van der Waals surface area contributed by atoms with Crippen molar-refractivity contribution >= 4 is 11.6 Å². The van der Waals surface area contributed by atoms with Gasteiger partial charge >= 0.3 is 0 Å². The van der Waals surface area contributed by atoms with Crippen LogP contribution < -0.4 is 0 Å². The minimum atomic E-state index is 0.533. The molecule has 0 aromatic heterocycles. The molecular weight excluding hydrogens is 120 g/mol. The smallest absolute Gasteiger partial charge is 0.0468 e. The van der Waals surface area contributed by atoms with E-state index in [-0.39, 0.29) is 0 Å². The Labute approximate surface area is 55.9 Å². The van der Waals surface area contributed by atoms with Crippen molar-refractivity contribution in [1.29, 1.82) is 0 Å². The first kappa shape index (κ1) is 7.77. The second kappa shape index (κ2) is 3.73. The number of rotatable bonds is 2. The Morgan fingerprint density at radius 1 is 1.62 bits per heavy atom. The van der Waals surface area contributed by atoms with Gasteiger partial charge in [-0.05, 0) is 19.4 Å². The predicted molar refractivity (Wildman–Crippen MR) is 39.3 cm³/mol. The van der Waals surface area contributed by atoms with Crippen molar-refractivity contribution < 1.29 is 0 Å². The summed E-state index contributed by atoms with van der Waals surface area (Å²) in [7, 11) is 0. The van der Waals surface area contributed by atoms with E-state index < -0.39 is 0 Å². The minimum Gasteiger partial charge on any atom is -0.122 e. The molecule has 0 aliphatic rings. The van der Waals surface area contributed by atoms with Gasteiger partial charge in [0.15, 0.2) is 0 Å². The third kappa shape index (κ3) is 3.94. The van der Waals surface area contributed by atoms with Gasteiger partial charge in [0.25, 0.3) is 0 Å². The highest BCUT2D eigenvalue weighted by molar-refractivity contribution is 6.19. The minimum absolute atomic E-state index is 0.533. The van der Waals surface area contributed by atoms with Gasteiger partial charge < -0.3 is 0 Å². The molecule has 0 aromatic carbocycles. The van der Waals surface area contributed by atoms with Gasteiger partial charge in [0.1, 0.15) is 0 Å². The molecule has 0 N–H and O–H groups in total.